The minimum atomic E-state index is 0.714. The molecule has 1 aliphatic rings. The standard InChI is InChI=1S/C9H18N2/c1-8-6-4-5-7-9(8)10-11(2)3/h8H,4-7H2,1-3H3. The van der Waals surface area contributed by atoms with E-state index in [2.05, 4.69) is 12.0 Å². The molecule has 1 aliphatic carbocycles. The van der Waals surface area contributed by atoms with Gasteiger partial charge in [0.15, 0.2) is 0 Å². The first-order valence-electron chi connectivity index (χ1n) is 4.45. The fourth-order valence-corrected chi connectivity index (χ4v) is 1.58. The highest BCUT2D eigenvalue weighted by Crippen LogP contribution is 2.21. The van der Waals surface area contributed by atoms with Crippen LogP contribution in [0, 0.1) is 5.92 Å². The first-order valence-corrected chi connectivity index (χ1v) is 4.45. The van der Waals surface area contributed by atoms with Crippen molar-refractivity contribution >= 4 is 5.71 Å². The molecular weight excluding hydrogens is 136 g/mol. The molecule has 0 radical (unpaired) electrons. The zero-order valence-corrected chi connectivity index (χ0v) is 7.80. The van der Waals surface area contributed by atoms with Crippen molar-refractivity contribution in [3.63, 3.8) is 0 Å². The van der Waals surface area contributed by atoms with Crippen molar-refractivity contribution in [2.24, 2.45) is 11.0 Å². The maximum atomic E-state index is 4.47. The van der Waals surface area contributed by atoms with Gasteiger partial charge in [-0.1, -0.05) is 13.3 Å². The molecule has 0 aliphatic heterocycles. The number of hydrogen-bond acceptors (Lipinski definition) is 2. The third kappa shape index (κ3) is 2.52. The van der Waals surface area contributed by atoms with Gasteiger partial charge in [-0.05, 0) is 25.2 Å². The van der Waals surface area contributed by atoms with Crippen LogP contribution in [0.1, 0.15) is 32.6 Å². The van der Waals surface area contributed by atoms with E-state index in [0.29, 0.717) is 5.92 Å². The third-order valence-electron chi connectivity index (χ3n) is 2.22. The molecule has 1 atom stereocenters. The molecule has 0 aromatic heterocycles. The van der Waals surface area contributed by atoms with E-state index in [0.717, 1.165) is 0 Å². The molecule has 64 valence electrons. The summed E-state index contributed by atoms with van der Waals surface area (Å²) in [5, 5.41) is 6.38. The molecule has 0 bridgehead atoms. The van der Waals surface area contributed by atoms with E-state index in [-0.39, 0.29) is 0 Å². The van der Waals surface area contributed by atoms with Crippen LogP contribution in [0.4, 0.5) is 0 Å². The highest BCUT2D eigenvalue weighted by molar-refractivity contribution is 5.86. The summed E-state index contributed by atoms with van der Waals surface area (Å²) in [5.74, 6) is 0.714. The molecule has 0 amide bonds. The van der Waals surface area contributed by atoms with Crippen molar-refractivity contribution in [3.05, 3.63) is 0 Å². The predicted molar refractivity (Wildman–Crippen MR) is 48.8 cm³/mol. The molecule has 0 N–H and O–H groups in total. The molecule has 2 heteroatoms. The number of rotatable bonds is 1. The Labute approximate surface area is 69.3 Å². The fourth-order valence-electron chi connectivity index (χ4n) is 1.58. The second-order valence-corrected chi connectivity index (χ2v) is 3.59. The molecule has 1 rings (SSSR count). The smallest absolute Gasteiger partial charge is 0.0408 e. The maximum Gasteiger partial charge on any atom is 0.0408 e. The van der Waals surface area contributed by atoms with Gasteiger partial charge in [-0.3, -0.25) is 0 Å². The molecule has 1 fully saturated rings. The first-order chi connectivity index (χ1) is 5.20. The van der Waals surface area contributed by atoms with E-state index in [9.17, 15) is 0 Å². The van der Waals surface area contributed by atoms with Crippen molar-refractivity contribution in [2.75, 3.05) is 14.1 Å². The van der Waals surface area contributed by atoms with Gasteiger partial charge in [0.2, 0.25) is 0 Å². The van der Waals surface area contributed by atoms with Crippen LogP contribution in [0.3, 0.4) is 0 Å². The lowest BCUT2D eigenvalue weighted by Crippen LogP contribution is -2.19. The molecule has 0 saturated heterocycles. The summed E-state index contributed by atoms with van der Waals surface area (Å²) in [6.07, 6.45) is 5.25. The van der Waals surface area contributed by atoms with E-state index in [1.165, 1.54) is 31.4 Å². The SMILES string of the molecule is CC1CCCCC1=NN(C)C. The summed E-state index contributed by atoms with van der Waals surface area (Å²) in [6.45, 7) is 2.28. The van der Waals surface area contributed by atoms with Crippen molar-refractivity contribution in [1.82, 2.24) is 5.01 Å². The Morgan fingerprint density at radius 2 is 2.09 bits per heavy atom. The lowest BCUT2D eigenvalue weighted by atomic mass is 9.89. The van der Waals surface area contributed by atoms with E-state index < -0.39 is 0 Å². The quantitative estimate of drug-likeness (QED) is 0.528. The van der Waals surface area contributed by atoms with Gasteiger partial charge in [0.25, 0.3) is 0 Å². The Morgan fingerprint density at radius 1 is 1.36 bits per heavy atom. The predicted octanol–water partition coefficient (Wildman–Crippen LogP) is 2.11. The average molecular weight is 154 g/mol. The van der Waals surface area contributed by atoms with Gasteiger partial charge in [0, 0.05) is 19.8 Å². The summed E-state index contributed by atoms with van der Waals surface area (Å²) >= 11 is 0. The fraction of sp³-hybridized carbons (Fsp3) is 0.889. The molecule has 0 spiro atoms. The van der Waals surface area contributed by atoms with Crippen LogP contribution in [0.25, 0.3) is 0 Å². The summed E-state index contributed by atoms with van der Waals surface area (Å²) < 4.78 is 0. The van der Waals surface area contributed by atoms with Gasteiger partial charge in [-0.15, -0.1) is 0 Å². The van der Waals surface area contributed by atoms with Gasteiger partial charge >= 0.3 is 0 Å². The van der Waals surface area contributed by atoms with Crippen molar-refractivity contribution in [1.29, 1.82) is 0 Å². The molecule has 11 heavy (non-hydrogen) atoms. The second kappa shape index (κ2) is 3.74. The van der Waals surface area contributed by atoms with Crippen LogP contribution >= 0.6 is 0 Å². The summed E-state index contributed by atoms with van der Waals surface area (Å²) in [4.78, 5) is 0. The van der Waals surface area contributed by atoms with Crippen LogP contribution in [0.5, 0.6) is 0 Å². The maximum absolute atomic E-state index is 4.47. The minimum absolute atomic E-state index is 0.714. The normalized spacial score (nSPS) is 29.0. The molecule has 0 aromatic rings. The monoisotopic (exact) mass is 154 g/mol. The molecular formula is C9H18N2. The van der Waals surface area contributed by atoms with Gasteiger partial charge in [0.1, 0.15) is 0 Å². The Kier molecular flexibility index (Phi) is 2.92. The molecule has 2 nitrogen and oxygen atoms in total. The van der Waals surface area contributed by atoms with Crippen LogP contribution in [-0.2, 0) is 0 Å². The van der Waals surface area contributed by atoms with E-state index in [1.54, 1.807) is 0 Å². The Hall–Kier alpha value is -0.530. The first kappa shape index (κ1) is 8.57. The highest BCUT2D eigenvalue weighted by atomic mass is 15.4. The number of hydrogen-bond donors (Lipinski definition) is 0. The average Bonchev–Trinajstić information content (AvgIpc) is 1.93. The zero-order chi connectivity index (χ0) is 8.27. The number of nitrogens with zero attached hydrogens (tertiary/aromatic N) is 2. The lowest BCUT2D eigenvalue weighted by Gasteiger charge is -2.21. The van der Waals surface area contributed by atoms with Crippen molar-refractivity contribution in [2.45, 2.75) is 32.6 Å². The third-order valence-corrected chi connectivity index (χ3v) is 2.22. The van der Waals surface area contributed by atoms with Gasteiger partial charge in [0.05, 0.1) is 0 Å². The van der Waals surface area contributed by atoms with Gasteiger partial charge in [-0.2, -0.15) is 5.10 Å². The van der Waals surface area contributed by atoms with Crippen LogP contribution in [-0.4, -0.2) is 24.8 Å². The Bertz CT molecular complexity index is 150. The van der Waals surface area contributed by atoms with Crippen LogP contribution in [0.15, 0.2) is 5.10 Å². The van der Waals surface area contributed by atoms with Crippen LogP contribution < -0.4 is 0 Å². The summed E-state index contributed by atoms with van der Waals surface area (Å²) in [6, 6.07) is 0. The van der Waals surface area contributed by atoms with Crippen molar-refractivity contribution < 1.29 is 0 Å². The Morgan fingerprint density at radius 3 is 2.64 bits per heavy atom. The second-order valence-electron chi connectivity index (χ2n) is 3.59. The van der Waals surface area contributed by atoms with Crippen LogP contribution in [0.2, 0.25) is 0 Å². The molecule has 0 heterocycles. The van der Waals surface area contributed by atoms with Gasteiger partial charge in [-0.25, -0.2) is 0 Å². The summed E-state index contributed by atoms with van der Waals surface area (Å²) in [5.41, 5.74) is 1.39. The largest absolute Gasteiger partial charge is 0.303 e. The molecule has 1 saturated carbocycles. The molecule has 0 aromatic carbocycles. The van der Waals surface area contributed by atoms with Gasteiger partial charge < -0.3 is 5.01 Å². The lowest BCUT2D eigenvalue weighted by molar-refractivity contribution is 0.422. The van der Waals surface area contributed by atoms with Crippen molar-refractivity contribution in [3.8, 4) is 0 Å². The zero-order valence-electron chi connectivity index (χ0n) is 7.80. The molecule has 1 unspecified atom stereocenters. The minimum Gasteiger partial charge on any atom is -0.303 e. The van der Waals surface area contributed by atoms with E-state index in [4.69, 9.17) is 0 Å². The topological polar surface area (TPSA) is 15.6 Å². The summed E-state index contributed by atoms with van der Waals surface area (Å²) in [7, 11) is 3.99. The van der Waals surface area contributed by atoms with E-state index in [1.807, 2.05) is 19.1 Å². The Balaban J connectivity index is 2.53. The number of hydrazone groups is 1. The highest BCUT2D eigenvalue weighted by Gasteiger charge is 2.15. The van der Waals surface area contributed by atoms with E-state index >= 15 is 0 Å².